The Morgan fingerprint density at radius 3 is 2.28 bits per heavy atom. The normalized spacial score (nSPS) is 14.3. The number of carbonyl (C=O) groups is 2. The zero-order valence-electron chi connectivity index (χ0n) is 16.3. The number of alkyl halides is 3. The molecule has 0 atom stereocenters. The number of anilines is 1. The summed E-state index contributed by atoms with van der Waals surface area (Å²) in [4.78, 5) is 29.2. The number of aliphatic carboxylic acids is 1. The minimum atomic E-state index is -5.08. The second-order valence-corrected chi connectivity index (χ2v) is 6.33. The largest absolute Gasteiger partial charge is 0.490 e. The van der Waals surface area contributed by atoms with Gasteiger partial charge in [-0.2, -0.15) is 13.2 Å². The van der Waals surface area contributed by atoms with Crippen molar-refractivity contribution in [2.24, 2.45) is 0 Å². The maximum atomic E-state index is 12.6. The number of nitrogens with zero attached hydrogens (tertiary/aromatic N) is 3. The van der Waals surface area contributed by atoms with Crippen LogP contribution in [-0.4, -0.2) is 58.9 Å². The van der Waals surface area contributed by atoms with Crippen LogP contribution >= 0.6 is 0 Å². The summed E-state index contributed by atoms with van der Waals surface area (Å²) in [7, 11) is 0. The highest BCUT2D eigenvalue weighted by Crippen LogP contribution is 2.21. The SMILES string of the molecule is CCN(CC)c1ccc2ccc(C(=O)N3CCCCO3)cn12.O=C(O)C(F)(F)F. The first-order chi connectivity index (χ1) is 13.7. The molecular formula is C19H24F3N3O4. The van der Waals surface area contributed by atoms with Gasteiger partial charge >= 0.3 is 12.1 Å². The van der Waals surface area contributed by atoms with Gasteiger partial charge in [0.15, 0.2) is 0 Å². The fourth-order valence-corrected chi connectivity index (χ4v) is 2.92. The number of fused-ring (bicyclic) bond motifs is 1. The fraction of sp³-hybridized carbons (Fsp3) is 0.474. The molecule has 3 heterocycles. The minimum Gasteiger partial charge on any atom is -0.475 e. The highest BCUT2D eigenvalue weighted by atomic mass is 19.4. The Kier molecular flexibility index (Phi) is 7.49. The summed E-state index contributed by atoms with van der Waals surface area (Å²) in [6, 6.07) is 8.05. The number of hydrogen-bond acceptors (Lipinski definition) is 4. The number of hydrogen-bond donors (Lipinski definition) is 1. The summed E-state index contributed by atoms with van der Waals surface area (Å²) in [5, 5.41) is 8.62. The molecule has 2 aromatic rings. The number of amides is 1. The van der Waals surface area contributed by atoms with Gasteiger partial charge in [-0.05, 0) is 51.0 Å². The maximum absolute atomic E-state index is 12.6. The predicted molar refractivity (Wildman–Crippen MR) is 101 cm³/mol. The number of hydroxylamine groups is 2. The van der Waals surface area contributed by atoms with Gasteiger partial charge in [0.2, 0.25) is 0 Å². The van der Waals surface area contributed by atoms with Gasteiger partial charge in [0.05, 0.1) is 12.2 Å². The van der Waals surface area contributed by atoms with E-state index in [1.54, 1.807) is 0 Å². The van der Waals surface area contributed by atoms with Gasteiger partial charge in [-0.15, -0.1) is 0 Å². The van der Waals surface area contributed by atoms with Gasteiger partial charge in [-0.1, -0.05) is 0 Å². The van der Waals surface area contributed by atoms with Crippen LogP contribution in [0.25, 0.3) is 5.52 Å². The van der Waals surface area contributed by atoms with Crippen molar-refractivity contribution in [3.63, 3.8) is 0 Å². The smallest absolute Gasteiger partial charge is 0.475 e. The summed E-state index contributed by atoms with van der Waals surface area (Å²) < 4.78 is 33.8. The van der Waals surface area contributed by atoms with Crippen molar-refractivity contribution in [3.05, 3.63) is 36.0 Å². The Morgan fingerprint density at radius 2 is 1.76 bits per heavy atom. The molecule has 0 aromatic carbocycles. The lowest BCUT2D eigenvalue weighted by Gasteiger charge is -2.26. The Bertz CT molecular complexity index is 841. The van der Waals surface area contributed by atoms with Gasteiger partial charge in [-0.3, -0.25) is 9.63 Å². The summed E-state index contributed by atoms with van der Waals surface area (Å²) in [5.41, 5.74) is 1.76. The lowest BCUT2D eigenvalue weighted by molar-refractivity contribution is -0.192. The van der Waals surface area contributed by atoms with E-state index in [-0.39, 0.29) is 5.91 Å². The van der Waals surface area contributed by atoms with E-state index in [4.69, 9.17) is 14.7 Å². The van der Waals surface area contributed by atoms with Crippen molar-refractivity contribution in [1.29, 1.82) is 0 Å². The van der Waals surface area contributed by atoms with Gasteiger partial charge in [0, 0.05) is 31.3 Å². The molecule has 0 bridgehead atoms. The Labute approximate surface area is 166 Å². The molecule has 0 saturated carbocycles. The number of carboxylic acid groups (broad SMARTS) is 1. The molecule has 7 nitrogen and oxygen atoms in total. The molecule has 1 aliphatic heterocycles. The molecule has 0 unspecified atom stereocenters. The monoisotopic (exact) mass is 415 g/mol. The minimum absolute atomic E-state index is 0.0548. The van der Waals surface area contributed by atoms with Crippen molar-refractivity contribution in [2.75, 3.05) is 31.1 Å². The van der Waals surface area contributed by atoms with E-state index < -0.39 is 12.1 Å². The number of pyridine rings is 1. The first-order valence-electron chi connectivity index (χ1n) is 9.30. The van der Waals surface area contributed by atoms with E-state index in [2.05, 4.69) is 35.3 Å². The molecule has 3 rings (SSSR count). The van der Waals surface area contributed by atoms with Crippen LogP contribution in [0.4, 0.5) is 19.0 Å². The van der Waals surface area contributed by atoms with Gasteiger partial charge in [-0.25, -0.2) is 9.86 Å². The average Bonchev–Trinajstić information content (AvgIpc) is 3.12. The molecule has 29 heavy (non-hydrogen) atoms. The highest BCUT2D eigenvalue weighted by molar-refractivity contribution is 5.93. The Morgan fingerprint density at radius 1 is 1.14 bits per heavy atom. The van der Waals surface area contributed by atoms with Crippen molar-refractivity contribution < 1.29 is 32.7 Å². The zero-order valence-corrected chi connectivity index (χ0v) is 16.3. The predicted octanol–water partition coefficient (Wildman–Crippen LogP) is 3.59. The van der Waals surface area contributed by atoms with E-state index in [1.165, 1.54) is 5.06 Å². The zero-order chi connectivity index (χ0) is 21.6. The Hall–Kier alpha value is -2.75. The first kappa shape index (κ1) is 22.5. The molecule has 0 radical (unpaired) electrons. The fourth-order valence-electron chi connectivity index (χ4n) is 2.92. The van der Waals surface area contributed by atoms with Crippen LogP contribution in [0.3, 0.4) is 0 Å². The third-order valence-corrected chi connectivity index (χ3v) is 4.44. The molecule has 0 aliphatic carbocycles. The van der Waals surface area contributed by atoms with Crippen molar-refractivity contribution in [3.8, 4) is 0 Å². The third kappa shape index (κ3) is 5.63. The van der Waals surface area contributed by atoms with Crippen LogP contribution < -0.4 is 4.90 Å². The molecule has 1 aliphatic rings. The van der Waals surface area contributed by atoms with E-state index in [1.807, 2.05) is 18.3 Å². The molecule has 1 amide bonds. The maximum Gasteiger partial charge on any atom is 0.490 e. The highest BCUT2D eigenvalue weighted by Gasteiger charge is 2.38. The molecular weight excluding hydrogens is 391 g/mol. The molecule has 0 spiro atoms. The van der Waals surface area contributed by atoms with Crippen LogP contribution in [0.15, 0.2) is 30.5 Å². The van der Waals surface area contributed by atoms with Crippen LogP contribution in [0.5, 0.6) is 0 Å². The summed E-state index contributed by atoms with van der Waals surface area (Å²) in [5.74, 6) is -1.69. The first-order valence-corrected chi connectivity index (χ1v) is 9.30. The third-order valence-electron chi connectivity index (χ3n) is 4.44. The summed E-state index contributed by atoms with van der Waals surface area (Å²) in [6.45, 7) is 7.46. The number of carbonyl (C=O) groups excluding carboxylic acids is 1. The van der Waals surface area contributed by atoms with Crippen LogP contribution in [0, 0.1) is 0 Å². The molecule has 2 aromatic heterocycles. The number of halogens is 3. The van der Waals surface area contributed by atoms with Crippen molar-refractivity contribution >= 4 is 23.2 Å². The molecule has 160 valence electrons. The van der Waals surface area contributed by atoms with E-state index in [0.717, 1.165) is 37.3 Å². The molecule has 1 N–H and O–H groups in total. The van der Waals surface area contributed by atoms with Gasteiger partial charge in [0.1, 0.15) is 5.82 Å². The average molecular weight is 415 g/mol. The topological polar surface area (TPSA) is 74.5 Å². The van der Waals surface area contributed by atoms with Crippen molar-refractivity contribution in [1.82, 2.24) is 9.46 Å². The van der Waals surface area contributed by atoms with Gasteiger partial charge in [0.25, 0.3) is 5.91 Å². The van der Waals surface area contributed by atoms with Gasteiger partial charge < -0.3 is 14.4 Å². The quantitative estimate of drug-likeness (QED) is 0.826. The number of rotatable bonds is 4. The standard InChI is InChI=1S/C17H23N3O2.C2HF3O2/c1-3-18(4-2)16-10-9-15-8-7-14(13-19(15)16)17(21)20-11-5-6-12-22-20;3-2(4,5)1(6)7/h7-10,13H,3-6,11-12H2,1-2H3;(H,6,7). The number of carboxylic acids is 1. The molecule has 1 fully saturated rings. The lowest BCUT2D eigenvalue weighted by Crippen LogP contribution is -2.35. The van der Waals surface area contributed by atoms with Crippen LogP contribution in [-0.2, 0) is 9.63 Å². The second-order valence-electron chi connectivity index (χ2n) is 6.33. The van der Waals surface area contributed by atoms with Crippen LogP contribution in [0.1, 0.15) is 37.0 Å². The van der Waals surface area contributed by atoms with Crippen LogP contribution in [0.2, 0.25) is 0 Å². The van der Waals surface area contributed by atoms with E-state index in [0.29, 0.717) is 18.7 Å². The van der Waals surface area contributed by atoms with Crippen molar-refractivity contribution in [2.45, 2.75) is 32.9 Å². The molecule has 10 heteroatoms. The second kappa shape index (κ2) is 9.64. The summed E-state index contributed by atoms with van der Waals surface area (Å²) in [6.07, 6.45) is -1.14. The Balaban J connectivity index is 0.000000370. The number of aromatic nitrogens is 1. The van der Waals surface area contributed by atoms with E-state index >= 15 is 0 Å². The van der Waals surface area contributed by atoms with E-state index in [9.17, 15) is 18.0 Å². The molecule has 1 saturated heterocycles. The lowest BCUT2D eigenvalue weighted by atomic mass is 10.2. The summed E-state index contributed by atoms with van der Waals surface area (Å²) >= 11 is 0.